The predicted molar refractivity (Wildman–Crippen MR) is 110 cm³/mol. The molecule has 0 radical (unpaired) electrons. The lowest BCUT2D eigenvalue weighted by Crippen LogP contribution is -2.56. The Kier molecular flexibility index (Phi) is 4.79. The van der Waals surface area contributed by atoms with E-state index in [0.717, 1.165) is 55.1 Å². The van der Waals surface area contributed by atoms with Gasteiger partial charge in [0.2, 0.25) is 0 Å². The molecule has 0 amide bonds. The quantitative estimate of drug-likeness (QED) is 0.603. The van der Waals surface area contributed by atoms with E-state index in [0.29, 0.717) is 16.7 Å². The molecule has 3 nitrogen and oxygen atoms in total. The van der Waals surface area contributed by atoms with E-state index in [1.54, 1.807) is 0 Å². The van der Waals surface area contributed by atoms with Crippen LogP contribution in [0, 0.1) is 40.4 Å². The van der Waals surface area contributed by atoms with Gasteiger partial charge in [0.1, 0.15) is 0 Å². The Morgan fingerprint density at radius 2 is 1.59 bits per heavy atom. The highest BCUT2D eigenvalue weighted by Gasteiger charge is 2.64. The van der Waals surface area contributed by atoms with Crippen LogP contribution in [0.5, 0.6) is 0 Å². The highest BCUT2D eigenvalue weighted by molar-refractivity contribution is 9.09. The minimum Gasteiger partial charge on any atom is -0.393 e. The van der Waals surface area contributed by atoms with E-state index < -0.39 is 0 Å². The average Bonchev–Trinajstić information content (AvgIpc) is 3.27. The number of aliphatic hydroxyl groups is 1. The molecule has 154 valence electrons. The first-order valence-corrected chi connectivity index (χ1v) is 12.6. The summed E-state index contributed by atoms with van der Waals surface area (Å²) in [5, 5.41) is 11.0. The first-order chi connectivity index (χ1) is 12.9. The molecule has 4 saturated carbocycles. The third-order valence-electron chi connectivity index (χ3n) is 10.1. The first kappa shape index (κ1) is 19.3. The summed E-state index contributed by atoms with van der Waals surface area (Å²) >= 11 is 3.74. The Balaban J connectivity index is 1.42. The molecule has 0 spiro atoms. The van der Waals surface area contributed by atoms with Gasteiger partial charge in [0.25, 0.3) is 0 Å². The van der Waals surface area contributed by atoms with Crippen molar-refractivity contribution in [2.45, 2.75) is 83.5 Å². The fourth-order valence-electron chi connectivity index (χ4n) is 8.80. The van der Waals surface area contributed by atoms with Crippen LogP contribution in [-0.2, 0) is 9.47 Å². The van der Waals surface area contributed by atoms with Gasteiger partial charge in [-0.05, 0) is 92.3 Å². The molecule has 8 atom stereocenters. The summed E-state index contributed by atoms with van der Waals surface area (Å²) < 4.78 is 12.5. The smallest absolute Gasteiger partial charge is 0.181 e. The predicted octanol–water partition coefficient (Wildman–Crippen LogP) is 5.14. The Morgan fingerprint density at radius 1 is 0.889 bits per heavy atom. The van der Waals surface area contributed by atoms with Crippen molar-refractivity contribution in [3.8, 4) is 0 Å². The van der Waals surface area contributed by atoms with Crippen LogP contribution in [0.25, 0.3) is 0 Å². The Bertz CT molecular complexity index is 576. The fraction of sp³-hybridized carbons (Fsp3) is 1.00. The summed E-state index contributed by atoms with van der Waals surface area (Å²) in [6.45, 7) is 6.65. The second-order valence-electron chi connectivity index (χ2n) is 10.9. The zero-order valence-corrected chi connectivity index (χ0v) is 18.7. The lowest BCUT2D eigenvalue weighted by Gasteiger charge is -2.61. The topological polar surface area (TPSA) is 38.7 Å². The summed E-state index contributed by atoms with van der Waals surface area (Å²) in [6.07, 6.45) is 11.3. The van der Waals surface area contributed by atoms with Gasteiger partial charge in [-0.3, -0.25) is 0 Å². The number of alkyl halides is 1. The summed E-state index contributed by atoms with van der Waals surface area (Å²) in [7, 11) is 0. The first-order valence-electron chi connectivity index (χ1n) is 11.4. The van der Waals surface area contributed by atoms with Crippen molar-refractivity contribution >= 4 is 15.9 Å². The third kappa shape index (κ3) is 2.68. The Morgan fingerprint density at radius 3 is 2.33 bits per heavy atom. The summed E-state index contributed by atoms with van der Waals surface area (Å²) in [5.74, 6) is 3.46. The minimum absolute atomic E-state index is 0.0419. The van der Waals surface area contributed by atoms with E-state index in [2.05, 4.69) is 29.8 Å². The van der Waals surface area contributed by atoms with Crippen LogP contribution in [-0.4, -0.2) is 35.5 Å². The molecule has 1 heterocycles. The molecule has 0 aromatic rings. The lowest BCUT2D eigenvalue weighted by atomic mass is 9.44. The second kappa shape index (κ2) is 6.68. The van der Waals surface area contributed by atoms with Gasteiger partial charge in [0, 0.05) is 5.92 Å². The molecule has 27 heavy (non-hydrogen) atoms. The maximum Gasteiger partial charge on any atom is 0.181 e. The summed E-state index contributed by atoms with van der Waals surface area (Å²) in [6, 6.07) is 0. The zero-order chi connectivity index (χ0) is 18.9. The maximum absolute atomic E-state index is 10.2. The van der Waals surface area contributed by atoms with Crippen LogP contribution in [0.4, 0.5) is 0 Å². The number of hydrogen-bond donors (Lipinski definition) is 1. The van der Waals surface area contributed by atoms with Gasteiger partial charge in [-0.25, -0.2) is 0 Å². The molecule has 5 rings (SSSR count). The third-order valence-corrected chi connectivity index (χ3v) is 10.9. The second-order valence-corrected chi connectivity index (χ2v) is 11.5. The molecule has 5 fully saturated rings. The van der Waals surface area contributed by atoms with E-state index >= 15 is 0 Å². The number of halogens is 1. The molecule has 5 aliphatic rings. The van der Waals surface area contributed by atoms with E-state index in [9.17, 15) is 5.11 Å². The van der Waals surface area contributed by atoms with Crippen molar-refractivity contribution in [1.29, 1.82) is 0 Å². The molecular formula is C23H37BrO3. The monoisotopic (exact) mass is 440 g/mol. The van der Waals surface area contributed by atoms with Crippen molar-refractivity contribution in [3.63, 3.8) is 0 Å². The summed E-state index contributed by atoms with van der Waals surface area (Å²) in [4.78, 5) is 0. The van der Waals surface area contributed by atoms with Crippen LogP contribution in [0.3, 0.4) is 0 Å². The number of fused-ring (bicyclic) bond motifs is 5. The number of hydrogen-bond acceptors (Lipinski definition) is 3. The van der Waals surface area contributed by atoms with Crippen molar-refractivity contribution < 1.29 is 14.6 Å². The van der Waals surface area contributed by atoms with E-state index in [-0.39, 0.29) is 11.9 Å². The number of aliphatic hydroxyl groups excluding tert-OH is 1. The van der Waals surface area contributed by atoms with Gasteiger partial charge >= 0.3 is 0 Å². The normalized spacial score (nSPS) is 54.2. The molecular weight excluding hydrogens is 404 g/mol. The molecule has 0 bridgehead atoms. The van der Waals surface area contributed by atoms with Crippen molar-refractivity contribution in [3.05, 3.63) is 0 Å². The molecule has 0 aromatic carbocycles. The highest BCUT2D eigenvalue weighted by Crippen LogP contribution is 2.69. The van der Waals surface area contributed by atoms with Gasteiger partial charge in [-0.1, -0.05) is 29.8 Å². The van der Waals surface area contributed by atoms with Gasteiger partial charge < -0.3 is 14.6 Å². The van der Waals surface area contributed by atoms with Crippen molar-refractivity contribution in [1.82, 2.24) is 0 Å². The van der Waals surface area contributed by atoms with Gasteiger partial charge in [-0.15, -0.1) is 0 Å². The van der Waals surface area contributed by atoms with Crippen molar-refractivity contribution in [2.75, 3.05) is 18.5 Å². The maximum atomic E-state index is 10.2. The van der Waals surface area contributed by atoms with Gasteiger partial charge in [-0.2, -0.15) is 0 Å². The lowest BCUT2D eigenvalue weighted by molar-refractivity contribution is -0.214. The number of rotatable bonds is 2. The molecule has 4 heteroatoms. The van der Waals surface area contributed by atoms with Gasteiger partial charge in [0.05, 0.1) is 24.6 Å². The number of ether oxygens (including phenoxy) is 2. The minimum atomic E-state index is -0.383. The largest absolute Gasteiger partial charge is 0.393 e. The van der Waals surface area contributed by atoms with Crippen LogP contribution in [0.15, 0.2) is 0 Å². The SMILES string of the molecule is C[C@]12CC[C@H](O)C[C@@H]1CC[C@H]1[C@H]2CC[C@@]2(C)[C@@H]1CC[C@H]2C1(CBr)OCCO1. The van der Waals surface area contributed by atoms with Gasteiger partial charge in [0.15, 0.2) is 5.79 Å². The zero-order valence-electron chi connectivity index (χ0n) is 17.1. The fourth-order valence-corrected chi connectivity index (χ4v) is 9.51. The van der Waals surface area contributed by atoms with E-state index in [1.807, 2.05) is 0 Å². The highest BCUT2D eigenvalue weighted by atomic mass is 79.9. The van der Waals surface area contributed by atoms with Crippen molar-refractivity contribution in [2.24, 2.45) is 40.4 Å². The average molecular weight is 441 g/mol. The van der Waals surface area contributed by atoms with Crippen LogP contribution < -0.4 is 0 Å². The van der Waals surface area contributed by atoms with Crippen LogP contribution in [0.1, 0.15) is 71.6 Å². The molecule has 4 aliphatic carbocycles. The molecule has 0 aromatic heterocycles. The Hall–Kier alpha value is 0.360. The standard InChI is InChI=1S/C23H37BrO3/c1-21-9-7-16(25)13-15(21)3-4-17-18-5-6-20(22(18,2)10-8-19(17)21)23(14-24)26-11-12-27-23/h15-20,25H,3-14H2,1-2H3/t15-,16-,17+,18+,19+,20+,21-,22-/m0/s1. The molecule has 1 saturated heterocycles. The Labute approximate surface area is 173 Å². The molecule has 1 aliphatic heterocycles. The summed E-state index contributed by atoms with van der Waals surface area (Å²) in [5.41, 5.74) is 0.825. The van der Waals surface area contributed by atoms with E-state index in [1.165, 1.54) is 44.9 Å². The molecule has 1 N–H and O–H groups in total. The van der Waals surface area contributed by atoms with Crippen LogP contribution in [0.2, 0.25) is 0 Å². The van der Waals surface area contributed by atoms with Crippen LogP contribution >= 0.6 is 15.9 Å². The van der Waals surface area contributed by atoms with E-state index in [4.69, 9.17) is 9.47 Å². The molecule has 0 unspecified atom stereocenters.